The second-order valence-electron chi connectivity index (χ2n) is 2.58. The summed E-state index contributed by atoms with van der Waals surface area (Å²) in [7, 11) is 1.46. The summed E-state index contributed by atoms with van der Waals surface area (Å²) in [5.74, 6) is 0.0545. The lowest BCUT2D eigenvalue weighted by Gasteiger charge is -2.09. The van der Waals surface area contributed by atoms with Crippen LogP contribution in [-0.4, -0.2) is 13.7 Å². The maximum atomic E-state index is 13.2. The maximum Gasteiger partial charge on any atom is 0.143 e. The zero-order valence-electron chi connectivity index (χ0n) is 7.31. The highest BCUT2D eigenvalue weighted by Crippen LogP contribution is 2.30. The molecule has 0 aliphatic carbocycles. The van der Waals surface area contributed by atoms with Crippen LogP contribution in [0.5, 0.6) is 5.75 Å². The quantitative estimate of drug-likeness (QED) is 0.816. The van der Waals surface area contributed by atoms with E-state index in [1.807, 2.05) is 0 Å². The number of hydrogen-bond donors (Lipinski definition) is 1. The van der Waals surface area contributed by atoms with Gasteiger partial charge in [0.15, 0.2) is 0 Å². The molecule has 1 aromatic rings. The fourth-order valence-electron chi connectivity index (χ4n) is 1.17. The Bertz CT molecular complexity index is 304. The van der Waals surface area contributed by atoms with Gasteiger partial charge in [-0.3, -0.25) is 0 Å². The highest BCUT2D eigenvalue weighted by molar-refractivity contribution is 6.32. The van der Waals surface area contributed by atoms with Gasteiger partial charge >= 0.3 is 0 Å². The number of rotatable bonds is 3. The first-order valence-electron chi connectivity index (χ1n) is 3.91. The number of halogens is 2. The number of ether oxygens (including phenoxy) is 1. The van der Waals surface area contributed by atoms with E-state index in [1.165, 1.54) is 19.2 Å². The predicted molar refractivity (Wildman–Crippen MR) is 50.7 cm³/mol. The molecule has 13 heavy (non-hydrogen) atoms. The molecule has 0 saturated carbocycles. The van der Waals surface area contributed by atoms with E-state index in [2.05, 4.69) is 0 Å². The van der Waals surface area contributed by atoms with Gasteiger partial charge in [-0.1, -0.05) is 11.6 Å². The Morgan fingerprint density at radius 2 is 2.23 bits per heavy atom. The molecule has 0 radical (unpaired) electrons. The van der Waals surface area contributed by atoms with Crippen molar-refractivity contribution in [3.8, 4) is 5.75 Å². The molecule has 1 aromatic carbocycles. The van der Waals surface area contributed by atoms with E-state index in [1.54, 1.807) is 0 Å². The second-order valence-corrected chi connectivity index (χ2v) is 2.99. The van der Waals surface area contributed by atoms with Gasteiger partial charge in [0.05, 0.1) is 12.1 Å². The molecule has 0 atom stereocenters. The molecular weight excluding hydrogens is 193 g/mol. The van der Waals surface area contributed by atoms with E-state index in [0.29, 0.717) is 29.3 Å². The monoisotopic (exact) mass is 203 g/mol. The number of nitrogens with two attached hydrogens (primary N) is 1. The Hall–Kier alpha value is -0.800. The van der Waals surface area contributed by atoms with Gasteiger partial charge in [-0.05, 0) is 25.1 Å². The fourth-order valence-corrected chi connectivity index (χ4v) is 1.43. The van der Waals surface area contributed by atoms with Crippen LogP contribution in [0.2, 0.25) is 5.02 Å². The van der Waals surface area contributed by atoms with E-state index in [4.69, 9.17) is 22.1 Å². The van der Waals surface area contributed by atoms with Gasteiger partial charge in [0.2, 0.25) is 0 Å². The van der Waals surface area contributed by atoms with Crippen LogP contribution in [0.3, 0.4) is 0 Å². The molecule has 0 fully saturated rings. The molecule has 0 aromatic heterocycles. The van der Waals surface area contributed by atoms with Crippen LogP contribution in [-0.2, 0) is 6.42 Å². The summed E-state index contributed by atoms with van der Waals surface area (Å²) >= 11 is 5.80. The third kappa shape index (κ3) is 2.11. The Balaban J connectivity index is 3.18. The SMILES string of the molecule is COc1c(Cl)ccc(F)c1CCN. The standard InChI is InChI=1S/C9H11ClFNO/c1-13-9-6(4-5-12)8(11)3-2-7(9)10/h2-3H,4-5,12H2,1H3. The Labute approximate surface area is 81.4 Å². The largest absolute Gasteiger partial charge is 0.495 e. The summed E-state index contributed by atoms with van der Waals surface area (Å²) in [6.07, 6.45) is 0.426. The summed E-state index contributed by atoms with van der Waals surface area (Å²) < 4.78 is 18.2. The molecule has 0 bridgehead atoms. The topological polar surface area (TPSA) is 35.2 Å². The van der Waals surface area contributed by atoms with Crippen LogP contribution in [0, 0.1) is 5.82 Å². The molecule has 0 heterocycles. The molecule has 1 rings (SSSR count). The highest BCUT2D eigenvalue weighted by Gasteiger charge is 2.11. The first-order valence-corrected chi connectivity index (χ1v) is 4.29. The van der Waals surface area contributed by atoms with Crippen LogP contribution in [0.15, 0.2) is 12.1 Å². The van der Waals surface area contributed by atoms with Crippen molar-refractivity contribution in [1.29, 1.82) is 0 Å². The molecule has 0 aliphatic rings. The zero-order chi connectivity index (χ0) is 9.84. The Kier molecular flexibility index (Phi) is 3.51. The summed E-state index contributed by atoms with van der Waals surface area (Å²) in [5, 5.41) is 0.410. The molecule has 0 unspecified atom stereocenters. The summed E-state index contributed by atoms with van der Waals surface area (Å²) in [6, 6.07) is 2.78. The third-order valence-corrected chi connectivity index (χ3v) is 2.05. The lowest BCUT2D eigenvalue weighted by atomic mass is 10.1. The van der Waals surface area contributed by atoms with Gasteiger partial charge < -0.3 is 10.5 Å². The van der Waals surface area contributed by atoms with Crippen LogP contribution >= 0.6 is 11.6 Å². The molecule has 0 amide bonds. The van der Waals surface area contributed by atoms with Gasteiger partial charge in [-0.2, -0.15) is 0 Å². The average molecular weight is 204 g/mol. The molecule has 2 N–H and O–H groups in total. The van der Waals surface area contributed by atoms with Crippen molar-refractivity contribution in [2.45, 2.75) is 6.42 Å². The van der Waals surface area contributed by atoms with Crippen molar-refractivity contribution in [3.05, 3.63) is 28.5 Å². The first kappa shape index (κ1) is 10.3. The van der Waals surface area contributed by atoms with E-state index in [9.17, 15) is 4.39 Å². The molecular formula is C9H11ClFNO. The minimum absolute atomic E-state index is 0.327. The molecule has 0 saturated heterocycles. The van der Waals surface area contributed by atoms with Gasteiger partial charge in [0.1, 0.15) is 11.6 Å². The minimum Gasteiger partial charge on any atom is -0.495 e. The van der Waals surface area contributed by atoms with Crippen LogP contribution in [0.25, 0.3) is 0 Å². The molecule has 0 spiro atoms. The third-order valence-electron chi connectivity index (χ3n) is 1.75. The smallest absolute Gasteiger partial charge is 0.143 e. The zero-order valence-corrected chi connectivity index (χ0v) is 8.07. The van der Waals surface area contributed by atoms with Crippen molar-refractivity contribution in [1.82, 2.24) is 0 Å². The van der Waals surface area contributed by atoms with Crippen molar-refractivity contribution in [2.75, 3.05) is 13.7 Å². The van der Waals surface area contributed by atoms with Crippen molar-refractivity contribution in [3.63, 3.8) is 0 Å². The lowest BCUT2D eigenvalue weighted by molar-refractivity contribution is 0.405. The maximum absolute atomic E-state index is 13.2. The van der Waals surface area contributed by atoms with Crippen molar-refractivity contribution in [2.24, 2.45) is 5.73 Å². The first-order chi connectivity index (χ1) is 6.20. The molecule has 0 aliphatic heterocycles. The van der Waals surface area contributed by atoms with Gasteiger partial charge in [0, 0.05) is 5.56 Å². The molecule has 2 nitrogen and oxygen atoms in total. The lowest BCUT2D eigenvalue weighted by Crippen LogP contribution is -2.06. The average Bonchev–Trinajstić information content (AvgIpc) is 2.12. The predicted octanol–water partition coefficient (Wildman–Crippen LogP) is 1.99. The normalized spacial score (nSPS) is 10.2. The van der Waals surface area contributed by atoms with E-state index in [-0.39, 0.29) is 5.82 Å². The van der Waals surface area contributed by atoms with Gasteiger partial charge in [-0.15, -0.1) is 0 Å². The molecule has 72 valence electrons. The second kappa shape index (κ2) is 4.44. The van der Waals surface area contributed by atoms with Gasteiger partial charge in [0.25, 0.3) is 0 Å². The van der Waals surface area contributed by atoms with E-state index >= 15 is 0 Å². The number of benzene rings is 1. The summed E-state index contributed by atoms with van der Waals surface area (Å²) in [5.41, 5.74) is 5.78. The summed E-state index contributed by atoms with van der Waals surface area (Å²) in [4.78, 5) is 0. The van der Waals surface area contributed by atoms with Crippen LogP contribution < -0.4 is 10.5 Å². The number of hydrogen-bond acceptors (Lipinski definition) is 2. The van der Waals surface area contributed by atoms with Gasteiger partial charge in [-0.25, -0.2) is 4.39 Å². The van der Waals surface area contributed by atoms with Crippen LogP contribution in [0.4, 0.5) is 4.39 Å². The van der Waals surface area contributed by atoms with E-state index in [0.717, 1.165) is 0 Å². The fraction of sp³-hybridized carbons (Fsp3) is 0.333. The minimum atomic E-state index is -0.327. The highest BCUT2D eigenvalue weighted by atomic mass is 35.5. The van der Waals surface area contributed by atoms with Crippen molar-refractivity contribution < 1.29 is 9.13 Å². The van der Waals surface area contributed by atoms with E-state index < -0.39 is 0 Å². The Morgan fingerprint density at radius 1 is 1.54 bits per heavy atom. The Morgan fingerprint density at radius 3 is 2.77 bits per heavy atom. The van der Waals surface area contributed by atoms with Crippen molar-refractivity contribution >= 4 is 11.6 Å². The number of methoxy groups -OCH3 is 1. The molecule has 4 heteroatoms. The van der Waals surface area contributed by atoms with Crippen LogP contribution in [0.1, 0.15) is 5.56 Å². The summed E-state index contributed by atoms with van der Waals surface area (Å²) in [6.45, 7) is 0.369.